The van der Waals surface area contributed by atoms with Gasteiger partial charge in [-0.25, -0.2) is 13.2 Å². The maximum Gasteiger partial charge on any atom is 0.284 e. The summed E-state index contributed by atoms with van der Waals surface area (Å²) in [5, 5.41) is 6.53. The lowest BCUT2D eigenvalue weighted by Gasteiger charge is -2.40. The first-order chi connectivity index (χ1) is 12.3. The summed E-state index contributed by atoms with van der Waals surface area (Å²) in [6.45, 7) is 4.38. The minimum atomic E-state index is -2.79. The van der Waals surface area contributed by atoms with Crippen LogP contribution in [0, 0.1) is 11.7 Å². The Morgan fingerprint density at radius 3 is 2.62 bits per heavy atom. The van der Waals surface area contributed by atoms with E-state index in [1.54, 1.807) is 12.1 Å². The minimum Gasteiger partial charge on any atom is -0.322 e. The molecule has 0 radical (unpaired) electrons. The van der Waals surface area contributed by atoms with Crippen LogP contribution >= 0.6 is 0 Å². The van der Waals surface area contributed by atoms with Gasteiger partial charge in [0.2, 0.25) is 5.91 Å². The van der Waals surface area contributed by atoms with Gasteiger partial charge in [-0.15, -0.1) is 0 Å². The predicted molar refractivity (Wildman–Crippen MR) is 92.6 cm³/mol. The second kappa shape index (κ2) is 7.13. The molecule has 0 saturated heterocycles. The number of hydrogen-bond acceptors (Lipinski definition) is 2. The number of rotatable bonds is 6. The number of benzene rings is 1. The largest absolute Gasteiger partial charge is 0.322 e. The summed E-state index contributed by atoms with van der Waals surface area (Å²) >= 11 is 0. The van der Waals surface area contributed by atoms with Gasteiger partial charge in [0.1, 0.15) is 5.82 Å². The Morgan fingerprint density at radius 1 is 1.35 bits per heavy atom. The molecule has 140 valence electrons. The van der Waals surface area contributed by atoms with Crippen LogP contribution in [0.5, 0.6) is 0 Å². The molecular formula is C19H22F3N3O. The van der Waals surface area contributed by atoms with Crippen molar-refractivity contribution in [3.8, 4) is 0 Å². The molecule has 0 aliphatic heterocycles. The molecule has 26 heavy (non-hydrogen) atoms. The highest BCUT2D eigenvalue weighted by molar-refractivity contribution is 6.00. The molecule has 3 rings (SSSR count). The molecule has 1 saturated carbocycles. The highest BCUT2D eigenvalue weighted by Crippen LogP contribution is 2.45. The molecule has 0 spiro atoms. The molecule has 1 aliphatic carbocycles. The fourth-order valence-electron chi connectivity index (χ4n) is 3.37. The van der Waals surface area contributed by atoms with E-state index in [1.807, 2.05) is 13.8 Å². The van der Waals surface area contributed by atoms with E-state index in [9.17, 15) is 18.0 Å². The Morgan fingerprint density at radius 2 is 2.08 bits per heavy atom. The molecule has 0 bridgehead atoms. The van der Waals surface area contributed by atoms with Crippen molar-refractivity contribution in [1.82, 2.24) is 9.78 Å². The second-order valence-electron chi connectivity index (χ2n) is 7.24. The van der Waals surface area contributed by atoms with Crippen molar-refractivity contribution in [2.24, 2.45) is 5.92 Å². The van der Waals surface area contributed by atoms with Crippen molar-refractivity contribution in [1.29, 1.82) is 0 Å². The summed E-state index contributed by atoms with van der Waals surface area (Å²) in [5.41, 5.74) is -0.711. The predicted octanol–water partition coefficient (Wildman–Crippen LogP) is 4.68. The first-order valence-electron chi connectivity index (χ1n) is 8.75. The van der Waals surface area contributed by atoms with Gasteiger partial charge in [-0.3, -0.25) is 9.48 Å². The molecule has 7 heteroatoms. The maximum absolute atomic E-state index is 13.6. The number of amides is 1. The quantitative estimate of drug-likeness (QED) is 0.808. The molecule has 1 aliphatic rings. The van der Waals surface area contributed by atoms with Crippen LogP contribution in [0.15, 0.2) is 30.5 Å². The van der Waals surface area contributed by atoms with Crippen molar-refractivity contribution in [3.63, 3.8) is 0 Å². The average molecular weight is 365 g/mol. The highest BCUT2D eigenvalue weighted by atomic mass is 19.3. The van der Waals surface area contributed by atoms with E-state index in [1.165, 1.54) is 23.0 Å². The number of carbonyl (C=O) groups excluding carboxylic acids is 1. The number of nitrogens with zero attached hydrogens (tertiary/aromatic N) is 2. The van der Waals surface area contributed by atoms with Gasteiger partial charge in [-0.05, 0) is 36.5 Å². The smallest absolute Gasteiger partial charge is 0.284 e. The molecule has 2 aromatic rings. The zero-order valence-corrected chi connectivity index (χ0v) is 14.8. The third-order valence-corrected chi connectivity index (χ3v) is 4.82. The molecule has 1 heterocycles. The summed E-state index contributed by atoms with van der Waals surface area (Å²) in [6.07, 6.45) is 0.610. The van der Waals surface area contributed by atoms with Crippen molar-refractivity contribution in [2.75, 3.05) is 5.32 Å². The van der Waals surface area contributed by atoms with E-state index in [2.05, 4.69) is 10.4 Å². The Balaban J connectivity index is 1.88. The number of aromatic nitrogens is 2. The van der Waals surface area contributed by atoms with Crippen LogP contribution in [0.3, 0.4) is 0 Å². The highest BCUT2D eigenvalue weighted by Gasteiger charge is 2.46. The Hall–Kier alpha value is -2.31. The van der Waals surface area contributed by atoms with Crippen molar-refractivity contribution < 1.29 is 18.0 Å². The van der Waals surface area contributed by atoms with Crippen LogP contribution in [0.25, 0.3) is 0 Å². The summed E-state index contributed by atoms with van der Waals surface area (Å²) in [5.74, 6) is -0.575. The first kappa shape index (κ1) is 18.5. The van der Waals surface area contributed by atoms with Crippen LogP contribution in [0.4, 0.5) is 18.9 Å². The maximum atomic E-state index is 13.6. The van der Waals surface area contributed by atoms with Gasteiger partial charge >= 0.3 is 0 Å². The molecular weight excluding hydrogens is 343 g/mol. The molecule has 4 nitrogen and oxygen atoms in total. The Labute approximate surface area is 150 Å². The fraction of sp³-hybridized carbons (Fsp3) is 0.474. The molecule has 0 unspecified atom stereocenters. The standard InChI is InChI=1S/C19H22F3N3O/c1-12(2)10-25-11-15(16(24-25)17(21)22)23-18(26)19(7-4-8-19)13-5-3-6-14(20)9-13/h3,5-6,9,11-12,17H,4,7-8,10H2,1-2H3,(H,23,26). The van der Waals surface area contributed by atoms with E-state index in [4.69, 9.17) is 0 Å². The zero-order valence-electron chi connectivity index (χ0n) is 14.8. The lowest BCUT2D eigenvalue weighted by Crippen LogP contribution is -2.46. The minimum absolute atomic E-state index is 0.0216. The van der Waals surface area contributed by atoms with Gasteiger partial charge < -0.3 is 5.32 Å². The first-order valence-corrected chi connectivity index (χ1v) is 8.75. The summed E-state index contributed by atoms with van der Waals surface area (Å²) < 4.78 is 41.7. The number of carbonyl (C=O) groups is 1. The molecule has 1 aromatic carbocycles. The van der Waals surface area contributed by atoms with Gasteiger partial charge in [0.15, 0.2) is 5.69 Å². The normalized spacial score (nSPS) is 16.0. The van der Waals surface area contributed by atoms with Gasteiger partial charge in [-0.1, -0.05) is 32.4 Å². The van der Waals surface area contributed by atoms with E-state index >= 15 is 0 Å². The second-order valence-corrected chi connectivity index (χ2v) is 7.24. The van der Waals surface area contributed by atoms with Crippen molar-refractivity contribution >= 4 is 11.6 Å². The van der Waals surface area contributed by atoms with E-state index in [0.29, 0.717) is 24.9 Å². The number of hydrogen-bond donors (Lipinski definition) is 1. The van der Waals surface area contributed by atoms with Gasteiger partial charge in [0, 0.05) is 12.7 Å². The lowest BCUT2D eigenvalue weighted by atomic mass is 9.63. The Bertz CT molecular complexity index is 797. The SMILES string of the molecule is CC(C)Cn1cc(NC(=O)C2(c3cccc(F)c3)CCC2)c(C(F)F)n1. The number of nitrogens with one attached hydrogen (secondary N) is 1. The zero-order chi connectivity index (χ0) is 18.9. The fourth-order valence-corrected chi connectivity index (χ4v) is 3.37. The molecule has 1 amide bonds. The molecule has 1 fully saturated rings. The Kier molecular flexibility index (Phi) is 5.07. The van der Waals surface area contributed by atoms with E-state index < -0.39 is 23.4 Å². The van der Waals surface area contributed by atoms with Gasteiger partial charge in [0.05, 0.1) is 11.1 Å². The van der Waals surface area contributed by atoms with Crippen LogP contribution in [0.1, 0.15) is 50.8 Å². The van der Waals surface area contributed by atoms with Gasteiger partial charge in [0.25, 0.3) is 6.43 Å². The monoisotopic (exact) mass is 365 g/mol. The van der Waals surface area contributed by atoms with Crippen LogP contribution in [-0.4, -0.2) is 15.7 Å². The molecule has 0 atom stereocenters. The molecule has 1 aromatic heterocycles. The van der Waals surface area contributed by atoms with Crippen molar-refractivity contribution in [3.05, 3.63) is 47.5 Å². The van der Waals surface area contributed by atoms with Crippen LogP contribution in [-0.2, 0) is 16.8 Å². The van der Waals surface area contributed by atoms with Gasteiger partial charge in [-0.2, -0.15) is 5.10 Å². The van der Waals surface area contributed by atoms with Crippen molar-refractivity contribution in [2.45, 2.75) is 51.5 Å². The number of alkyl halides is 2. The topological polar surface area (TPSA) is 46.9 Å². The van der Waals surface area contributed by atoms with E-state index in [-0.39, 0.29) is 17.5 Å². The third-order valence-electron chi connectivity index (χ3n) is 4.82. The van der Waals surface area contributed by atoms with Crippen LogP contribution in [0.2, 0.25) is 0 Å². The number of anilines is 1. The lowest BCUT2D eigenvalue weighted by molar-refractivity contribution is -0.124. The molecule has 1 N–H and O–H groups in total. The number of halogens is 3. The summed E-state index contributed by atoms with van der Waals surface area (Å²) in [4.78, 5) is 12.9. The van der Waals surface area contributed by atoms with Crippen LogP contribution < -0.4 is 5.32 Å². The average Bonchev–Trinajstić information content (AvgIpc) is 2.88. The summed E-state index contributed by atoms with van der Waals surface area (Å²) in [6, 6.07) is 5.93. The third kappa shape index (κ3) is 3.48. The summed E-state index contributed by atoms with van der Waals surface area (Å²) in [7, 11) is 0. The van der Waals surface area contributed by atoms with E-state index in [0.717, 1.165) is 6.42 Å².